The van der Waals surface area contributed by atoms with Gasteiger partial charge in [0.2, 0.25) is 5.91 Å². The number of carbonyl (C=O) groups is 2. The molecule has 0 aliphatic rings. The fourth-order valence-corrected chi connectivity index (χ4v) is 3.99. The van der Waals surface area contributed by atoms with Gasteiger partial charge >= 0.3 is 0 Å². The van der Waals surface area contributed by atoms with E-state index in [1.807, 2.05) is 58.0 Å². The molecule has 3 rings (SSSR count). The fraction of sp³-hybridized carbons (Fsp3) is 0.407. The second-order valence-corrected chi connectivity index (χ2v) is 9.74. The summed E-state index contributed by atoms with van der Waals surface area (Å²) in [6, 6.07) is 15.1. The molecular formula is C27H32FN5O2. The lowest BCUT2D eigenvalue weighted by Gasteiger charge is -2.31. The van der Waals surface area contributed by atoms with Gasteiger partial charge in [-0.2, -0.15) is 10.4 Å². The lowest BCUT2D eigenvalue weighted by molar-refractivity contribution is -0.126. The molecule has 7 nitrogen and oxygen atoms in total. The number of carbonyl (C=O) groups excluding carboxylic acids is 2. The number of rotatable bonds is 9. The minimum absolute atomic E-state index is 0.0675. The second kappa shape index (κ2) is 11.1. The number of amides is 2. The van der Waals surface area contributed by atoms with Crippen molar-refractivity contribution in [2.45, 2.75) is 65.6 Å². The van der Waals surface area contributed by atoms with E-state index in [1.54, 1.807) is 6.07 Å². The third kappa shape index (κ3) is 6.24. The van der Waals surface area contributed by atoms with Gasteiger partial charge in [-0.25, -0.2) is 4.39 Å². The molecule has 2 amide bonds. The number of halogens is 1. The van der Waals surface area contributed by atoms with Crippen LogP contribution < -0.4 is 10.6 Å². The Hall–Kier alpha value is -3.73. The number of benzene rings is 2. The highest BCUT2D eigenvalue weighted by Gasteiger charge is 2.35. The van der Waals surface area contributed by atoms with Crippen molar-refractivity contribution in [1.82, 2.24) is 20.4 Å². The number of nitrogens with zero attached hydrogens (tertiary/aromatic N) is 3. The van der Waals surface area contributed by atoms with Crippen LogP contribution in [0, 0.1) is 22.6 Å². The zero-order valence-electron chi connectivity index (χ0n) is 20.6. The van der Waals surface area contributed by atoms with Gasteiger partial charge in [-0.15, -0.1) is 0 Å². The molecule has 184 valence electrons. The van der Waals surface area contributed by atoms with Gasteiger partial charge in [0.05, 0.1) is 12.1 Å². The third-order valence-electron chi connectivity index (χ3n) is 5.91. The van der Waals surface area contributed by atoms with Crippen molar-refractivity contribution in [2.75, 3.05) is 0 Å². The van der Waals surface area contributed by atoms with Crippen molar-refractivity contribution < 1.29 is 14.0 Å². The van der Waals surface area contributed by atoms with E-state index in [1.165, 1.54) is 16.8 Å². The Morgan fingerprint density at radius 2 is 1.80 bits per heavy atom. The molecule has 3 aromatic rings. The van der Waals surface area contributed by atoms with Crippen molar-refractivity contribution in [3.05, 3.63) is 65.6 Å². The summed E-state index contributed by atoms with van der Waals surface area (Å²) >= 11 is 0. The number of hydrogen-bond donors (Lipinski definition) is 2. The number of aryl methyl sites for hydroxylation is 1. The third-order valence-corrected chi connectivity index (χ3v) is 5.91. The van der Waals surface area contributed by atoms with E-state index >= 15 is 0 Å². The number of nitriles is 1. The van der Waals surface area contributed by atoms with Crippen LogP contribution in [0.15, 0.2) is 48.5 Å². The summed E-state index contributed by atoms with van der Waals surface area (Å²) in [5, 5.41) is 19.4. The van der Waals surface area contributed by atoms with E-state index in [0.717, 1.165) is 5.56 Å². The second-order valence-electron chi connectivity index (χ2n) is 9.74. The number of para-hydroxylation sites is 1. The molecule has 0 aliphatic carbocycles. The highest BCUT2D eigenvalue weighted by atomic mass is 19.1. The van der Waals surface area contributed by atoms with Crippen LogP contribution in [0.1, 0.15) is 69.1 Å². The molecule has 0 spiro atoms. The predicted molar refractivity (Wildman–Crippen MR) is 133 cm³/mol. The highest BCUT2D eigenvalue weighted by Crippen LogP contribution is 2.25. The number of unbranched alkanes of at least 4 members (excludes halogenated alkanes) is 2. The summed E-state index contributed by atoms with van der Waals surface area (Å²) in [5.74, 6) is -1.33. The van der Waals surface area contributed by atoms with Gasteiger partial charge in [0, 0.05) is 18.4 Å². The summed E-state index contributed by atoms with van der Waals surface area (Å²) in [7, 11) is 0. The highest BCUT2D eigenvalue weighted by molar-refractivity contribution is 6.06. The quantitative estimate of drug-likeness (QED) is 0.429. The predicted octanol–water partition coefficient (Wildman–Crippen LogP) is 4.89. The van der Waals surface area contributed by atoms with Gasteiger partial charge in [0.25, 0.3) is 5.91 Å². The molecule has 0 aliphatic heterocycles. The summed E-state index contributed by atoms with van der Waals surface area (Å²) in [5.41, 5.74) is 0.676. The molecule has 1 heterocycles. The van der Waals surface area contributed by atoms with Crippen molar-refractivity contribution >= 4 is 22.7 Å². The van der Waals surface area contributed by atoms with E-state index in [2.05, 4.69) is 21.8 Å². The summed E-state index contributed by atoms with van der Waals surface area (Å²) < 4.78 is 16.1. The molecule has 0 saturated heterocycles. The molecule has 0 radical (unpaired) electrons. The SMILES string of the molecule is C[C@H](NC(=O)[C@@H](NC(=O)c1nn(CCCCC#N)c2c(F)cccc12)C(C)(C)C)c1ccccc1. The first kappa shape index (κ1) is 25.9. The maximum Gasteiger partial charge on any atom is 0.273 e. The Kier molecular flexibility index (Phi) is 8.23. The molecule has 0 bridgehead atoms. The van der Waals surface area contributed by atoms with Gasteiger partial charge in [-0.1, -0.05) is 63.2 Å². The van der Waals surface area contributed by atoms with Gasteiger partial charge in [-0.05, 0) is 36.8 Å². The van der Waals surface area contributed by atoms with Gasteiger partial charge in [0.15, 0.2) is 5.69 Å². The van der Waals surface area contributed by atoms with Crippen LogP contribution >= 0.6 is 0 Å². The average Bonchev–Trinajstić information content (AvgIpc) is 3.20. The maximum absolute atomic E-state index is 14.7. The van der Waals surface area contributed by atoms with E-state index in [0.29, 0.717) is 31.2 Å². The zero-order chi connectivity index (χ0) is 25.6. The first-order chi connectivity index (χ1) is 16.6. The number of fused-ring (bicyclic) bond motifs is 1. The Labute approximate surface area is 205 Å². The standard InChI is InChI=1S/C27H32FN5O2/c1-18(19-12-7-5-8-13-19)30-26(35)24(27(2,3)4)31-25(34)22-20-14-11-15-21(28)23(20)33(32-22)17-10-6-9-16-29/h5,7-8,11-15,18,24H,6,9-10,17H2,1-4H3,(H,30,35)(H,31,34)/t18-,24+/m0/s1. The molecule has 2 N–H and O–H groups in total. The van der Waals surface area contributed by atoms with E-state index in [9.17, 15) is 14.0 Å². The molecule has 1 aromatic heterocycles. The number of aromatic nitrogens is 2. The molecule has 0 saturated carbocycles. The zero-order valence-corrected chi connectivity index (χ0v) is 20.6. The maximum atomic E-state index is 14.7. The summed E-state index contributed by atoms with van der Waals surface area (Å²) in [6.07, 6.45) is 1.68. The smallest absolute Gasteiger partial charge is 0.273 e. The lowest BCUT2D eigenvalue weighted by atomic mass is 9.85. The topological polar surface area (TPSA) is 99.8 Å². The Bertz CT molecular complexity index is 1220. The van der Waals surface area contributed by atoms with Gasteiger partial charge in [0.1, 0.15) is 17.4 Å². The van der Waals surface area contributed by atoms with Crippen molar-refractivity contribution in [3.8, 4) is 6.07 Å². The molecule has 35 heavy (non-hydrogen) atoms. The van der Waals surface area contributed by atoms with Crippen LogP contribution in [0.5, 0.6) is 0 Å². The number of nitrogens with one attached hydrogen (secondary N) is 2. The lowest BCUT2D eigenvalue weighted by Crippen LogP contribution is -2.54. The van der Waals surface area contributed by atoms with E-state index < -0.39 is 23.2 Å². The van der Waals surface area contributed by atoms with Gasteiger partial charge < -0.3 is 10.6 Å². The first-order valence-electron chi connectivity index (χ1n) is 11.8. The normalized spacial score (nSPS) is 13.1. The fourth-order valence-electron chi connectivity index (χ4n) is 3.99. The monoisotopic (exact) mass is 477 g/mol. The molecule has 2 aromatic carbocycles. The van der Waals surface area contributed by atoms with Crippen LogP contribution in [-0.4, -0.2) is 27.6 Å². The minimum atomic E-state index is -0.842. The van der Waals surface area contributed by atoms with Gasteiger partial charge in [-0.3, -0.25) is 14.3 Å². The van der Waals surface area contributed by atoms with Crippen LogP contribution in [0.3, 0.4) is 0 Å². The van der Waals surface area contributed by atoms with Crippen molar-refractivity contribution in [2.24, 2.45) is 5.41 Å². The van der Waals surface area contributed by atoms with Crippen molar-refractivity contribution in [1.29, 1.82) is 5.26 Å². The molecular weight excluding hydrogens is 445 g/mol. The molecule has 2 atom stereocenters. The van der Waals surface area contributed by atoms with Crippen LogP contribution in [-0.2, 0) is 11.3 Å². The molecule has 0 unspecified atom stereocenters. The Morgan fingerprint density at radius 3 is 2.46 bits per heavy atom. The first-order valence-corrected chi connectivity index (χ1v) is 11.8. The summed E-state index contributed by atoms with van der Waals surface area (Å²) in [4.78, 5) is 26.6. The van der Waals surface area contributed by atoms with E-state index in [4.69, 9.17) is 5.26 Å². The summed E-state index contributed by atoms with van der Waals surface area (Å²) in [6.45, 7) is 7.88. The van der Waals surface area contributed by atoms with E-state index in [-0.39, 0.29) is 23.2 Å². The Morgan fingerprint density at radius 1 is 1.09 bits per heavy atom. The largest absolute Gasteiger partial charge is 0.348 e. The molecule has 8 heteroatoms. The van der Waals surface area contributed by atoms with Crippen LogP contribution in [0.4, 0.5) is 4.39 Å². The molecule has 0 fully saturated rings. The Balaban J connectivity index is 1.85. The van der Waals surface area contributed by atoms with Crippen molar-refractivity contribution in [3.63, 3.8) is 0 Å². The van der Waals surface area contributed by atoms with Crippen LogP contribution in [0.25, 0.3) is 10.9 Å². The number of hydrogen-bond acceptors (Lipinski definition) is 4. The van der Waals surface area contributed by atoms with Crippen LogP contribution in [0.2, 0.25) is 0 Å². The average molecular weight is 478 g/mol. The minimum Gasteiger partial charge on any atom is -0.348 e.